The Kier molecular flexibility index (Phi) is 5.53. The van der Waals surface area contributed by atoms with Crippen LogP contribution in [0.4, 0.5) is 0 Å². The first-order valence-corrected chi connectivity index (χ1v) is 8.43. The zero-order valence-electron chi connectivity index (χ0n) is 15.2. The van der Waals surface area contributed by atoms with Crippen LogP contribution in [0, 0.1) is 13.8 Å². The second kappa shape index (κ2) is 8.01. The largest absolute Gasteiger partial charge is 0.459 e. The Morgan fingerprint density at radius 3 is 2.73 bits per heavy atom. The van der Waals surface area contributed by atoms with Gasteiger partial charge in [-0.05, 0) is 43.2 Å². The molecule has 0 bridgehead atoms. The Labute approximate surface area is 152 Å². The summed E-state index contributed by atoms with van der Waals surface area (Å²) in [6.45, 7) is 5.30. The molecule has 26 heavy (non-hydrogen) atoms. The van der Waals surface area contributed by atoms with Crippen molar-refractivity contribution in [1.29, 1.82) is 0 Å². The van der Waals surface area contributed by atoms with Gasteiger partial charge in [-0.15, -0.1) is 0 Å². The van der Waals surface area contributed by atoms with Crippen LogP contribution in [-0.2, 0) is 11.3 Å². The Morgan fingerprint density at radius 2 is 2.04 bits per heavy atom. The number of nitrogens with zero attached hydrogens (tertiary/aromatic N) is 2. The molecule has 6 nitrogen and oxygen atoms in total. The van der Waals surface area contributed by atoms with Crippen LogP contribution in [0.25, 0.3) is 11.3 Å². The van der Waals surface area contributed by atoms with E-state index in [1.165, 1.54) is 17.4 Å². The Bertz CT molecular complexity index is 868. The number of hydrogen-bond acceptors (Lipinski definition) is 5. The van der Waals surface area contributed by atoms with E-state index in [1.807, 2.05) is 12.1 Å². The van der Waals surface area contributed by atoms with Crippen LogP contribution in [0.5, 0.6) is 0 Å². The molecule has 1 aromatic carbocycles. The fourth-order valence-corrected chi connectivity index (χ4v) is 2.62. The lowest BCUT2D eigenvalue weighted by Gasteiger charge is -2.19. The molecular weight excluding hydrogens is 332 g/mol. The molecule has 0 N–H and O–H groups in total. The monoisotopic (exact) mass is 354 g/mol. The molecule has 0 aliphatic rings. The van der Waals surface area contributed by atoms with Gasteiger partial charge < -0.3 is 18.6 Å². The van der Waals surface area contributed by atoms with Crippen molar-refractivity contribution in [2.24, 2.45) is 0 Å². The Morgan fingerprint density at radius 1 is 1.19 bits per heavy atom. The number of hydrogen-bond donors (Lipinski definition) is 0. The molecule has 0 unspecified atom stereocenters. The van der Waals surface area contributed by atoms with E-state index in [4.69, 9.17) is 13.7 Å². The molecule has 0 saturated carbocycles. The number of ether oxygens (including phenoxy) is 1. The van der Waals surface area contributed by atoms with Gasteiger partial charge in [-0.1, -0.05) is 17.3 Å². The van der Waals surface area contributed by atoms with E-state index in [0.717, 1.165) is 5.56 Å². The minimum Gasteiger partial charge on any atom is -0.459 e. The fourth-order valence-electron chi connectivity index (χ4n) is 2.62. The fraction of sp³-hybridized carbons (Fsp3) is 0.300. The van der Waals surface area contributed by atoms with Crippen LogP contribution in [0.15, 0.2) is 51.6 Å². The lowest BCUT2D eigenvalue weighted by molar-refractivity contribution is 0.0645. The first-order valence-electron chi connectivity index (χ1n) is 8.43. The van der Waals surface area contributed by atoms with Crippen LogP contribution in [-0.4, -0.2) is 36.2 Å². The molecular formula is C20H22N2O4. The minimum absolute atomic E-state index is 0.206. The lowest BCUT2D eigenvalue weighted by atomic mass is 10.0. The Hall–Kier alpha value is -2.86. The summed E-state index contributed by atoms with van der Waals surface area (Å²) in [6, 6.07) is 11.3. The zero-order valence-corrected chi connectivity index (χ0v) is 15.2. The van der Waals surface area contributed by atoms with Gasteiger partial charge in [0.2, 0.25) is 0 Å². The van der Waals surface area contributed by atoms with Crippen LogP contribution in [0.3, 0.4) is 0 Å². The van der Waals surface area contributed by atoms with Crippen LogP contribution < -0.4 is 0 Å². The summed E-state index contributed by atoms with van der Waals surface area (Å²) in [5, 5.41) is 4.12. The second-order valence-electron chi connectivity index (χ2n) is 6.18. The number of aryl methyl sites for hydroxylation is 2. The smallest absolute Gasteiger partial charge is 0.289 e. The standard InChI is InChI=1S/C20H22N2O4/c1-14-6-7-16(11-15(14)2)19-12-17(21-26-19)13-22(8-10-24-3)20(23)18-5-4-9-25-18/h4-7,9,11-12H,8,10,13H2,1-3H3. The third-order valence-corrected chi connectivity index (χ3v) is 4.29. The minimum atomic E-state index is -0.206. The number of rotatable bonds is 7. The van der Waals surface area contributed by atoms with E-state index in [2.05, 4.69) is 31.1 Å². The van der Waals surface area contributed by atoms with Gasteiger partial charge in [0.15, 0.2) is 11.5 Å². The van der Waals surface area contributed by atoms with E-state index in [1.54, 1.807) is 24.1 Å². The summed E-state index contributed by atoms with van der Waals surface area (Å²) < 4.78 is 15.8. The Balaban J connectivity index is 1.77. The van der Waals surface area contributed by atoms with Crippen molar-refractivity contribution in [2.45, 2.75) is 20.4 Å². The average Bonchev–Trinajstić information content (AvgIpc) is 3.32. The van der Waals surface area contributed by atoms with Gasteiger partial charge in [0.05, 0.1) is 19.4 Å². The molecule has 0 aliphatic heterocycles. The molecule has 0 atom stereocenters. The molecule has 0 radical (unpaired) electrons. The van der Waals surface area contributed by atoms with Crippen LogP contribution in [0.2, 0.25) is 0 Å². The third kappa shape index (κ3) is 4.03. The molecule has 1 amide bonds. The number of benzene rings is 1. The van der Waals surface area contributed by atoms with E-state index < -0.39 is 0 Å². The number of aromatic nitrogens is 1. The van der Waals surface area contributed by atoms with Crippen molar-refractivity contribution in [3.05, 3.63) is 65.2 Å². The number of carbonyl (C=O) groups is 1. The van der Waals surface area contributed by atoms with Crippen LogP contribution in [0.1, 0.15) is 27.4 Å². The van der Waals surface area contributed by atoms with Crippen molar-refractivity contribution < 1.29 is 18.5 Å². The lowest BCUT2D eigenvalue weighted by Crippen LogP contribution is -2.33. The van der Waals surface area contributed by atoms with Gasteiger partial charge in [0, 0.05) is 25.3 Å². The van der Waals surface area contributed by atoms with Crippen LogP contribution >= 0.6 is 0 Å². The maximum atomic E-state index is 12.6. The van der Waals surface area contributed by atoms with Gasteiger partial charge in [0.1, 0.15) is 5.69 Å². The zero-order chi connectivity index (χ0) is 18.5. The number of amides is 1. The number of methoxy groups -OCH3 is 1. The molecule has 0 spiro atoms. The molecule has 6 heteroatoms. The van der Waals surface area contributed by atoms with E-state index in [-0.39, 0.29) is 5.91 Å². The van der Waals surface area contributed by atoms with Crippen molar-refractivity contribution in [1.82, 2.24) is 10.1 Å². The topological polar surface area (TPSA) is 68.7 Å². The highest BCUT2D eigenvalue weighted by Crippen LogP contribution is 2.23. The SMILES string of the molecule is COCCN(Cc1cc(-c2ccc(C)c(C)c2)on1)C(=O)c1ccco1. The second-order valence-corrected chi connectivity index (χ2v) is 6.18. The van der Waals surface area contributed by atoms with Gasteiger partial charge >= 0.3 is 0 Å². The van der Waals surface area contributed by atoms with Gasteiger partial charge in [-0.3, -0.25) is 4.79 Å². The highest BCUT2D eigenvalue weighted by molar-refractivity contribution is 5.91. The summed E-state index contributed by atoms with van der Waals surface area (Å²) in [4.78, 5) is 14.2. The van der Waals surface area contributed by atoms with Crippen molar-refractivity contribution in [3.63, 3.8) is 0 Å². The summed E-state index contributed by atoms with van der Waals surface area (Å²) in [5.41, 5.74) is 4.06. The molecule has 3 aromatic rings. The molecule has 3 rings (SSSR count). The summed E-state index contributed by atoms with van der Waals surface area (Å²) in [5.74, 6) is 0.766. The number of furan rings is 1. The van der Waals surface area contributed by atoms with E-state index >= 15 is 0 Å². The molecule has 2 aromatic heterocycles. The maximum Gasteiger partial charge on any atom is 0.289 e. The third-order valence-electron chi connectivity index (χ3n) is 4.29. The van der Waals surface area contributed by atoms with Gasteiger partial charge in [0.25, 0.3) is 5.91 Å². The summed E-state index contributed by atoms with van der Waals surface area (Å²) in [7, 11) is 1.60. The van der Waals surface area contributed by atoms with Crippen molar-refractivity contribution in [2.75, 3.05) is 20.3 Å². The molecule has 136 valence electrons. The van der Waals surface area contributed by atoms with E-state index in [9.17, 15) is 4.79 Å². The highest BCUT2D eigenvalue weighted by Gasteiger charge is 2.20. The van der Waals surface area contributed by atoms with E-state index in [0.29, 0.717) is 36.9 Å². The normalized spacial score (nSPS) is 10.9. The molecule has 2 heterocycles. The van der Waals surface area contributed by atoms with Gasteiger partial charge in [-0.2, -0.15) is 0 Å². The van der Waals surface area contributed by atoms with Crippen molar-refractivity contribution in [3.8, 4) is 11.3 Å². The molecule has 0 aliphatic carbocycles. The summed E-state index contributed by atoms with van der Waals surface area (Å²) >= 11 is 0. The first kappa shape index (κ1) is 17.9. The predicted molar refractivity (Wildman–Crippen MR) is 96.7 cm³/mol. The predicted octanol–water partition coefficient (Wildman–Crippen LogP) is 3.84. The molecule has 0 fully saturated rings. The first-order chi connectivity index (χ1) is 12.6. The quantitative estimate of drug-likeness (QED) is 0.645. The molecule has 0 saturated heterocycles. The number of carbonyl (C=O) groups excluding carboxylic acids is 1. The van der Waals surface area contributed by atoms with Crippen molar-refractivity contribution >= 4 is 5.91 Å². The van der Waals surface area contributed by atoms with Gasteiger partial charge in [-0.25, -0.2) is 0 Å². The maximum absolute atomic E-state index is 12.6. The average molecular weight is 354 g/mol. The summed E-state index contributed by atoms with van der Waals surface area (Å²) in [6.07, 6.45) is 1.48. The highest BCUT2D eigenvalue weighted by atomic mass is 16.5.